The first-order valence-corrected chi connectivity index (χ1v) is 21.6. The van der Waals surface area contributed by atoms with Gasteiger partial charge in [-0.25, -0.2) is 0 Å². The third kappa shape index (κ3) is 4.85. The second kappa shape index (κ2) is 12.8. The molecule has 0 spiro atoms. The molecule has 0 amide bonds. The fourth-order valence-electron chi connectivity index (χ4n) is 10.8. The summed E-state index contributed by atoms with van der Waals surface area (Å²) in [5.41, 5.74) is 9.27. The Morgan fingerprint density at radius 2 is 0.667 bits per heavy atom. The summed E-state index contributed by atoms with van der Waals surface area (Å²) in [4.78, 5) is 19.6. The Kier molecular flexibility index (Phi) is 6.98. The molecule has 0 fully saturated rings. The van der Waals surface area contributed by atoms with E-state index in [2.05, 4.69) is 194 Å². The standard InChI is InChI=1S/C60H34N2O/c63-60-52-26-22-39(38-21-25-50-46-17-4-2-13-42(46)44-15-6-8-19-48(44)54(50)32-38)34-56(52)58-59-51(28-29-61-58)55-33-40(23-27-57(55)62(59)60)36-11-9-10-35(30-36)37-20-24-49-45-16-3-1-12-41(45)43-14-5-7-18-47(43)53(49)31-37/h1-34H. The van der Waals surface area contributed by atoms with Gasteiger partial charge in [0.15, 0.2) is 0 Å². The lowest BCUT2D eigenvalue weighted by molar-refractivity contribution is 1.20. The highest BCUT2D eigenvalue weighted by Gasteiger charge is 2.20. The van der Waals surface area contributed by atoms with Crippen LogP contribution in [0.5, 0.6) is 0 Å². The van der Waals surface area contributed by atoms with Gasteiger partial charge in [-0.1, -0.05) is 152 Å². The zero-order valence-corrected chi connectivity index (χ0v) is 33.9. The lowest BCUT2D eigenvalue weighted by Crippen LogP contribution is -2.13. The molecule has 14 rings (SSSR count). The van der Waals surface area contributed by atoms with Crippen molar-refractivity contribution in [3.8, 4) is 33.4 Å². The normalized spacial score (nSPS) is 12.2. The van der Waals surface area contributed by atoms with Crippen LogP contribution in [0.4, 0.5) is 0 Å². The summed E-state index contributed by atoms with van der Waals surface area (Å²) in [5, 5.41) is 18.7. The molecule has 0 aliphatic carbocycles. The van der Waals surface area contributed by atoms with Gasteiger partial charge in [0.05, 0.1) is 16.6 Å². The molecular formula is C60H34N2O. The number of rotatable bonds is 3. The molecule has 0 aliphatic rings. The van der Waals surface area contributed by atoms with Crippen LogP contribution in [0.15, 0.2) is 211 Å². The first-order chi connectivity index (χ1) is 31.2. The van der Waals surface area contributed by atoms with Crippen molar-refractivity contribution in [1.29, 1.82) is 0 Å². The van der Waals surface area contributed by atoms with E-state index in [0.29, 0.717) is 5.39 Å². The van der Waals surface area contributed by atoms with Gasteiger partial charge in [-0.2, -0.15) is 0 Å². The topological polar surface area (TPSA) is 34.4 Å². The van der Waals surface area contributed by atoms with E-state index in [9.17, 15) is 4.79 Å². The average molecular weight is 799 g/mol. The molecule has 0 aliphatic heterocycles. The molecule has 3 heterocycles. The average Bonchev–Trinajstić information content (AvgIpc) is 3.70. The highest BCUT2D eigenvalue weighted by atomic mass is 16.1. The molecule has 3 aromatic heterocycles. The maximum atomic E-state index is 14.6. The summed E-state index contributed by atoms with van der Waals surface area (Å²) in [6.07, 6.45) is 1.89. The van der Waals surface area contributed by atoms with Gasteiger partial charge < -0.3 is 0 Å². The lowest BCUT2D eigenvalue weighted by Gasteiger charge is -2.13. The van der Waals surface area contributed by atoms with Gasteiger partial charge in [-0.15, -0.1) is 0 Å². The molecule has 0 unspecified atom stereocenters. The van der Waals surface area contributed by atoms with E-state index in [1.807, 2.05) is 16.7 Å². The van der Waals surface area contributed by atoms with Gasteiger partial charge in [0, 0.05) is 27.7 Å². The van der Waals surface area contributed by atoms with E-state index in [0.717, 1.165) is 60.5 Å². The largest absolute Gasteiger partial charge is 0.273 e. The SMILES string of the molecule is O=c1c2ccc(-c3ccc4c5ccccc5c5ccccc5c4c3)cc2c2nccc3c4cc(-c5cccc(-c6ccc7c8ccccc8c8ccccc8c7c6)c5)ccc4n1c32. The summed E-state index contributed by atoms with van der Waals surface area (Å²) < 4.78 is 1.88. The Balaban J connectivity index is 0.906. The Morgan fingerprint density at radius 3 is 1.16 bits per heavy atom. The smallest absolute Gasteiger partial charge is 0.263 e. The van der Waals surface area contributed by atoms with E-state index in [4.69, 9.17) is 4.98 Å². The van der Waals surface area contributed by atoms with E-state index < -0.39 is 0 Å². The van der Waals surface area contributed by atoms with E-state index in [1.54, 1.807) is 0 Å². The molecule has 290 valence electrons. The van der Waals surface area contributed by atoms with Gasteiger partial charge in [0.1, 0.15) is 0 Å². The number of fused-ring (bicyclic) bond motifs is 17. The number of hydrogen-bond acceptors (Lipinski definition) is 2. The van der Waals surface area contributed by atoms with Crippen LogP contribution in [0.3, 0.4) is 0 Å². The summed E-state index contributed by atoms with van der Waals surface area (Å²) in [6.45, 7) is 0. The maximum absolute atomic E-state index is 14.6. The van der Waals surface area contributed by atoms with Crippen molar-refractivity contribution < 1.29 is 0 Å². The van der Waals surface area contributed by atoms with Crippen LogP contribution >= 0.6 is 0 Å². The Bertz CT molecular complexity index is 4280. The minimum atomic E-state index is -0.0284. The monoisotopic (exact) mass is 798 g/mol. The van der Waals surface area contributed by atoms with Gasteiger partial charge in [0.25, 0.3) is 5.56 Å². The number of aromatic nitrogens is 2. The van der Waals surface area contributed by atoms with Crippen LogP contribution in [-0.2, 0) is 0 Å². The molecule has 0 saturated heterocycles. The van der Waals surface area contributed by atoms with Crippen molar-refractivity contribution in [2.24, 2.45) is 0 Å². The number of benzene rings is 11. The minimum absolute atomic E-state index is 0.0284. The van der Waals surface area contributed by atoms with Crippen molar-refractivity contribution in [3.63, 3.8) is 0 Å². The second-order valence-corrected chi connectivity index (χ2v) is 17.0. The van der Waals surface area contributed by atoms with Crippen LogP contribution in [-0.4, -0.2) is 9.38 Å². The minimum Gasteiger partial charge on any atom is -0.273 e. The molecule has 0 atom stereocenters. The van der Waals surface area contributed by atoms with E-state index in [-0.39, 0.29) is 5.56 Å². The molecule has 0 radical (unpaired) electrons. The quantitative estimate of drug-likeness (QED) is 0.167. The fourth-order valence-corrected chi connectivity index (χ4v) is 10.8. The van der Waals surface area contributed by atoms with Crippen molar-refractivity contribution >= 4 is 103 Å². The molecule has 63 heavy (non-hydrogen) atoms. The first-order valence-electron chi connectivity index (χ1n) is 21.6. The van der Waals surface area contributed by atoms with E-state index in [1.165, 1.54) is 70.2 Å². The van der Waals surface area contributed by atoms with Crippen molar-refractivity contribution in [1.82, 2.24) is 9.38 Å². The predicted molar refractivity (Wildman–Crippen MR) is 267 cm³/mol. The summed E-state index contributed by atoms with van der Waals surface area (Å²) >= 11 is 0. The van der Waals surface area contributed by atoms with E-state index >= 15 is 0 Å². The second-order valence-electron chi connectivity index (χ2n) is 17.0. The molecule has 14 aromatic rings. The van der Waals surface area contributed by atoms with Gasteiger partial charge in [-0.05, 0) is 147 Å². The number of pyridine rings is 2. The molecule has 11 aromatic carbocycles. The highest BCUT2D eigenvalue weighted by molar-refractivity contribution is 6.27. The third-order valence-corrected chi connectivity index (χ3v) is 13.7. The number of nitrogens with zero attached hydrogens (tertiary/aromatic N) is 2. The molecule has 0 bridgehead atoms. The number of hydrogen-bond donors (Lipinski definition) is 0. The van der Waals surface area contributed by atoms with Crippen LogP contribution in [0, 0.1) is 0 Å². The fraction of sp³-hybridized carbons (Fsp3) is 0. The van der Waals surface area contributed by atoms with Crippen LogP contribution in [0.25, 0.3) is 136 Å². The van der Waals surface area contributed by atoms with Gasteiger partial charge in [-0.3, -0.25) is 14.2 Å². The van der Waals surface area contributed by atoms with Crippen LogP contribution in [0.2, 0.25) is 0 Å². The van der Waals surface area contributed by atoms with Crippen molar-refractivity contribution in [2.45, 2.75) is 0 Å². The van der Waals surface area contributed by atoms with Crippen molar-refractivity contribution in [2.75, 3.05) is 0 Å². The molecule has 0 saturated carbocycles. The Morgan fingerprint density at radius 1 is 0.286 bits per heavy atom. The lowest BCUT2D eigenvalue weighted by atomic mass is 9.91. The Labute approximate surface area is 360 Å². The zero-order chi connectivity index (χ0) is 41.3. The van der Waals surface area contributed by atoms with Crippen LogP contribution < -0.4 is 5.56 Å². The summed E-state index contributed by atoms with van der Waals surface area (Å²) in [5.74, 6) is 0. The molecular weight excluding hydrogens is 765 g/mol. The first kappa shape index (κ1) is 34.3. The van der Waals surface area contributed by atoms with Crippen LogP contribution in [0.1, 0.15) is 0 Å². The Hall–Kier alpha value is -8.40. The van der Waals surface area contributed by atoms with Gasteiger partial charge >= 0.3 is 0 Å². The highest BCUT2D eigenvalue weighted by Crippen LogP contribution is 2.41. The molecule has 3 heteroatoms. The molecule has 3 nitrogen and oxygen atoms in total. The predicted octanol–water partition coefficient (Wildman–Crippen LogP) is 15.5. The molecule has 0 N–H and O–H groups in total. The maximum Gasteiger partial charge on any atom is 0.263 e. The summed E-state index contributed by atoms with van der Waals surface area (Å²) in [7, 11) is 0. The summed E-state index contributed by atoms with van der Waals surface area (Å²) in [6, 6.07) is 72.0. The zero-order valence-electron chi connectivity index (χ0n) is 33.9. The van der Waals surface area contributed by atoms with Gasteiger partial charge in [0.2, 0.25) is 0 Å². The third-order valence-electron chi connectivity index (χ3n) is 13.7. The van der Waals surface area contributed by atoms with Crippen molar-refractivity contribution in [3.05, 3.63) is 217 Å².